The summed E-state index contributed by atoms with van der Waals surface area (Å²) in [5.74, 6) is 0. The number of hydrogen-bond acceptors (Lipinski definition) is 3. The standard InChI is InChI=1S/C14H19BrN2O/c15-12-2-1-11(10-18)14(9-12)17-7-5-16(6-8-17)13-3-4-13/h1-2,9,13,18H,3-8,10H2. The Bertz CT molecular complexity index is 426. The number of hydrogen-bond donors (Lipinski definition) is 1. The summed E-state index contributed by atoms with van der Waals surface area (Å²) in [6, 6.07) is 6.99. The van der Waals surface area contributed by atoms with Crippen LogP contribution in [0.5, 0.6) is 0 Å². The molecule has 98 valence electrons. The molecule has 18 heavy (non-hydrogen) atoms. The maximum absolute atomic E-state index is 9.44. The van der Waals surface area contributed by atoms with Crippen molar-refractivity contribution in [3.05, 3.63) is 28.2 Å². The molecule has 0 bridgehead atoms. The molecule has 0 amide bonds. The molecular weight excluding hydrogens is 292 g/mol. The fraction of sp³-hybridized carbons (Fsp3) is 0.571. The monoisotopic (exact) mass is 310 g/mol. The van der Waals surface area contributed by atoms with Crippen molar-refractivity contribution in [2.24, 2.45) is 0 Å². The van der Waals surface area contributed by atoms with Crippen LogP contribution >= 0.6 is 15.9 Å². The van der Waals surface area contributed by atoms with Gasteiger partial charge in [0.15, 0.2) is 0 Å². The molecule has 1 N–H and O–H groups in total. The van der Waals surface area contributed by atoms with Crippen molar-refractivity contribution in [3.8, 4) is 0 Å². The number of aliphatic hydroxyl groups is 1. The van der Waals surface area contributed by atoms with Crippen molar-refractivity contribution < 1.29 is 5.11 Å². The smallest absolute Gasteiger partial charge is 0.0702 e. The van der Waals surface area contributed by atoms with Crippen molar-refractivity contribution in [2.45, 2.75) is 25.5 Å². The van der Waals surface area contributed by atoms with Gasteiger partial charge in [-0.25, -0.2) is 0 Å². The highest BCUT2D eigenvalue weighted by Crippen LogP contribution is 2.30. The number of anilines is 1. The van der Waals surface area contributed by atoms with Crippen molar-refractivity contribution in [2.75, 3.05) is 31.1 Å². The first-order valence-corrected chi connectivity index (χ1v) is 7.45. The number of aliphatic hydroxyl groups excluding tert-OH is 1. The summed E-state index contributed by atoms with van der Waals surface area (Å²) < 4.78 is 1.08. The van der Waals surface area contributed by atoms with Crippen LogP contribution in [0, 0.1) is 0 Å². The molecule has 0 radical (unpaired) electrons. The Hall–Kier alpha value is -0.580. The van der Waals surface area contributed by atoms with Crippen LogP contribution in [-0.2, 0) is 6.61 Å². The van der Waals surface area contributed by atoms with Gasteiger partial charge in [-0.1, -0.05) is 22.0 Å². The van der Waals surface area contributed by atoms with Crippen LogP contribution in [0.4, 0.5) is 5.69 Å². The molecule has 1 saturated carbocycles. The average Bonchev–Trinajstić information content (AvgIpc) is 3.23. The molecule has 0 spiro atoms. The summed E-state index contributed by atoms with van der Waals surface area (Å²) in [5.41, 5.74) is 2.21. The van der Waals surface area contributed by atoms with Gasteiger partial charge in [0.2, 0.25) is 0 Å². The third kappa shape index (κ3) is 2.56. The predicted molar refractivity (Wildman–Crippen MR) is 76.9 cm³/mol. The van der Waals surface area contributed by atoms with Gasteiger partial charge in [0.25, 0.3) is 0 Å². The predicted octanol–water partition coefficient (Wildman–Crippen LogP) is 2.23. The van der Waals surface area contributed by atoms with Crippen LogP contribution in [0.1, 0.15) is 18.4 Å². The SMILES string of the molecule is OCc1ccc(Br)cc1N1CCN(C2CC2)CC1. The van der Waals surface area contributed by atoms with Crippen LogP contribution in [0.2, 0.25) is 0 Å². The lowest BCUT2D eigenvalue weighted by Crippen LogP contribution is -2.47. The molecule has 4 heteroatoms. The lowest BCUT2D eigenvalue weighted by atomic mass is 10.1. The van der Waals surface area contributed by atoms with Crippen molar-refractivity contribution >= 4 is 21.6 Å². The van der Waals surface area contributed by atoms with Crippen molar-refractivity contribution in [3.63, 3.8) is 0 Å². The lowest BCUT2D eigenvalue weighted by molar-refractivity contribution is 0.246. The molecule has 1 heterocycles. The third-order valence-corrected chi connectivity index (χ3v) is 4.43. The van der Waals surface area contributed by atoms with E-state index in [1.54, 1.807) is 0 Å². The Morgan fingerprint density at radius 1 is 1.17 bits per heavy atom. The van der Waals surface area contributed by atoms with Crippen LogP contribution in [-0.4, -0.2) is 42.2 Å². The minimum absolute atomic E-state index is 0.117. The van der Waals surface area contributed by atoms with Gasteiger partial charge in [0.1, 0.15) is 0 Å². The van der Waals surface area contributed by atoms with Crippen molar-refractivity contribution in [1.29, 1.82) is 0 Å². The highest BCUT2D eigenvalue weighted by atomic mass is 79.9. The number of benzene rings is 1. The van der Waals surface area contributed by atoms with Gasteiger partial charge in [-0.15, -0.1) is 0 Å². The molecule has 0 unspecified atom stereocenters. The van der Waals surface area contributed by atoms with Crippen LogP contribution in [0.25, 0.3) is 0 Å². The Balaban J connectivity index is 1.72. The van der Waals surface area contributed by atoms with E-state index in [0.29, 0.717) is 0 Å². The van der Waals surface area contributed by atoms with Crippen molar-refractivity contribution in [1.82, 2.24) is 4.90 Å². The van der Waals surface area contributed by atoms with Crippen LogP contribution in [0.15, 0.2) is 22.7 Å². The van der Waals surface area contributed by atoms with E-state index >= 15 is 0 Å². The summed E-state index contributed by atoms with van der Waals surface area (Å²) in [7, 11) is 0. The third-order valence-electron chi connectivity index (χ3n) is 3.94. The van der Waals surface area contributed by atoms with Gasteiger partial charge >= 0.3 is 0 Å². The highest BCUT2D eigenvalue weighted by Gasteiger charge is 2.31. The molecule has 2 aliphatic rings. The zero-order valence-corrected chi connectivity index (χ0v) is 12.1. The molecule has 3 rings (SSSR count). The maximum atomic E-state index is 9.44. The average molecular weight is 311 g/mol. The second kappa shape index (κ2) is 5.19. The minimum Gasteiger partial charge on any atom is -0.392 e. The fourth-order valence-electron chi connectivity index (χ4n) is 2.73. The van der Waals surface area contributed by atoms with E-state index < -0.39 is 0 Å². The van der Waals surface area contributed by atoms with Crippen LogP contribution in [0.3, 0.4) is 0 Å². The van der Waals surface area contributed by atoms with Gasteiger partial charge in [0, 0.05) is 47.9 Å². The Kier molecular flexibility index (Phi) is 3.59. The quantitative estimate of drug-likeness (QED) is 0.927. The van der Waals surface area contributed by atoms with E-state index in [1.807, 2.05) is 12.1 Å². The minimum atomic E-state index is 0.117. The van der Waals surface area contributed by atoms with Gasteiger partial charge in [-0.05, 0) is 25.0 Å². The highest BCUT2D eigenvalue weighted by molar-refractivity contribution is 9.10. The zero-order valence-electron chi connectivity index (χ0n) is 10.5. The molecule has 0 aromatic heterocycles. The molecule has 1 saturated heterocycles. The molecule has 0 atom stereocenters. The van der Waals surface area contributed by atoms with Crippen LogP contribution < -0.4 is 4.90 Å². The molecule has 1 aliphatic carbocycles. The summed E-state index contributed by atoms with van der Waals surface area (Å²) in [5, 5.41) is 9.44. The molecule has 1 aromatic rings. The molecule has 1 aliphatic heterocycles. The van der Waals surface area contributed by atoms with E-state index in [9.17, 15) is 5.11 Å². The largest absolute Gasteiger partial charge is 0.392 e. The van der Waals surface area contributed by atoms with Gasteiger partial charge in [-0.3, -0.25) is 4.90 Å². The molecule has 3 nitrogen and oxygen atoms in total. The summed E-state index contributed by atoms with van der Waals surface area (Å²) in [4.78, 5) is 5.00. The second-order valence-corrected chi connectivity index (χ2v) is 6.10. The first kappa shape index (κ1) is 12.5. The van der Waals surface area contributed by atoms with E-state index in [0.717, 1.165) is 42.3 Å². The maximum Gasteiger partial charge on any atom is 0.0702 e. The lowest BCUT2D eigenvalue weighted by Gasteiger charge is -2.37. The van der Waals surface area contributed by atoms with E-state index in [-0.39, 0.29) is 6.61 Å². The first-order chi connectivity index (χ1) is 8.78. The number of rotatable bonds is 3. The number of nitrogens with zero attached hydrogens (tertiary/aromatic N) is 2. The van der Waals surface area contributed by atoms with Gasteiger partial charge in [-0.2, -0.15) is 0 Å². The van der Waals surface area contributed by atoms with Gasteiger partial charge < -0.3 is 10.0 Å². The number of halogens is 1. The molecular formula is C14H19BrN2O. The zero-order chi connectivity index (χ0) is 12.5. The molecule has 1 aromatic carbocycles. The normalized spacial score (nSPS) is 21.3. The summed E-state index contributed by atoms with van der Waals surface area (Å²) in [6.45, 7) is 4.56. The fourth-order valence-corrected chi connectivity index (χ4v) is 3.08. The summed E-state index contributed by atoms with van der Waals surface area (Å²) in [6.07, 6.45) is 2.78. The second-order valence-electron chi connectivity index (χ2n) is 5.19. The number of piperazine rings is 1. The Morgan fingerprint density at radius 2 is 1.89 bits per heavy atom. The summed E-state index contributed by atoms with van der Waals surface area (Å²) >= 11 is 3.52. The Morgan fingerprint density at radius 3 is 2.50 bits per heavy atom. The topological polar surface area (TPSA) is 26.7 Å². The molecule has 2 fully saturated rings. The Labute approximate surface area is 117 Å². The van der Waals surface area contributed by atoms with Gasteiger partial charge in [0.05, 0.1) is 6.61 Å². The van der Waals surface area contributed by atoms with E-state index in [1.165, 1.54) is 18.5 Å². The first-order valence-electron chi connectivity index (χ1n) is 6.66. The van der Waals surface area contributed by atoms with E-state index in [4.69, 9.17) is 0 Å². The van der Waals surface area contributed by atoms with E-state index in [2.05, 4.69) is 31.8 Å².